The highest BCUT2D eigenvalue weighted by Gasteiger charge is 2.04. The third kappa shape index (κ3) is 6.05. The zero-order valence-electron chi connectivity index (χ0n) is 7.76. The highest BCUT2D eigenvalue weighted by Crippen LogP contribution is 1.95. The molecule has 0 aromatic rings. The van der Waals surface area contributed by atoms with Gasteiger partial charge in [0.15, 0.2) is 0 Å². The molecule has 0 spiro atoms. The van der Waals surface area contributed by atoms with Crippen LogP contribution in [0.1, 0.15) is 33.6 Å². The van der Waals surface area contributed by atoms with E-state index in [2.05, 4.69) is 26.1 Å². The molecule has 1 unspecified atom stereocenters. The fraction of sp³-hybridized carbons (Fsp3) is 0.889. The molecule has 0 aliphatic carbocycles. The molecule has 0 rings (SSSR count). The lowest BCUT2D eigenvalue weighted by Crippen LogP contribution is -2.33. The molecule has 0 saturated carbocycles. The van der Waals surface area contributed by atoms with Gasteiger partial charge in [-0.25, -0.2) is 0 Å². The normalized spacial score (nSPS) is 13.5. The van der Waals surface area contributed by atoms with Crippen molar-refractivity contribution in [1.29, 1.82) is 0 Å². The summed E-state index contributed by atoms with van der Waals surface area (Å²) in [5.74, 6) is 0.620. The van der Waals surface area contributed by atoms with E-state index in [9.17, 15) is 4.79 Å². The minimum atomic E-state index is 0.0717. The number of nitrogens with one attached hydrogen (secondary N) is 1. The van der Waals surface area contributed by atoms with E-state index in [0.29, 0.717) is 5.92 Å². The summed E-state index contributed by atoms with van der Waals surface area (Å²) in [7, 11) is 0. The first kappa shape index (κ1) is 10.6. The Morgan fingerprint density at radius 3 is 2.45 bits per heavy atom. The fourth-order valence-electron chi connectivity index (χ4n) is 0.916. The topological polar surface area (TPSA) is 29.1 Å². The minimum absolute atomic E-state index is 0.0717. The Labute approximate surface area is 69.4 Å². The second-order valence-electron chi connectivity index (χ2n) is 3.33. The summed E-state index contributed by atoms with van der Waals surface area (Å²) in [6, 6.07) is 0.0717. The first-order chi connectivity index (χ1) is 5.20. The molecular formula is C9H19NO. The first-order valence-corrected chi connectivity index (χ1v) is 4.39. The summed E-state index contributed by atoms with van der Waals surface area (Å²) in [5.41, 5.74) is 0. The summed E-state index contributed by atoms with van der Waals surface area (Å²) in [4.78, 5) is 10.4. The van der Waals surface area contributed by atoms with Gasteiger partial charge in [-0.15, -0.1) is 0 Å². The average molecular weight is 157 g/mol. The third-order valence-corrected chi connectivity index (χ3v) is 1.55. The molecule has 0 aromatic carbocycles. The van der Waals surface area contributed by atoms with Crippen molar-refractivity contribution < 1.29 is 4.79 Å². The lowest BCUT2D eigenvalue weighted by atomic mass is 10.1. The van der Waals surface area contributed by atoms with Crippen LogP contribution in [0.15, 0.2) is 0 Å². The number of aldehydes is 1. The van der Waals surface area contributed by atoms with Crippen molar-refractivity contribution in [2.45, 2.75) is 39.7 Å². The van der Waals surface area contributed by atoms with Gasteiger partial charge in [0.05, 0.1) is 6.04 Å². The average Bonchev–Trinajstić information content (AvgIpc) is 1.97. The van der Waals surface area contributed by atoms with Crippen molar-refractivity contribution in [2.75, 3.05) is 6.54 Å². The van der Waals surface area contributed by atoms with Gasteiger partial charge in [0, 0.05) is 0 Å². The van der Waals surface area contributed by atoms with Crippen LogP contribution in [-0.2, 0) is 4.79 Å². The minimum Gasteiger partial charge on any atom is -0.307 e. The van der Waals surface area contributed by atoms with Crippen molar-refractivity contribution >= 4 is 6.29 Å². The maximum absolute atomic E-state index is 10.4. The Morgan fingerprint density at radius 2 is 2.09 bits per heavy atom. The molecule has 0 aromatic heterocycles. The molecule has 0 amide bonds. The smallest absolute Gasteiger partial charge is 0.136 e. The second kappa shape index (κ2) is 6.35. The third-order valence-electron chi connectivity index (χ3n) is 1.55. The molecule has 66 valence electrons. The molecule has 2 nitrogen and oxygen atoms in total. The molecular weight excluding hydrogens is 138 g/mol. The van der Waals surface area contributed by atoms with E-state index in [1.54, 1.807) is 0 Å². The van der Waals surface area contributed by atoms with E-state index in [4.69, 9.17) is 0 Å². The molecule has 0 heterocycles. The van der Waals surface area contributed by atoms with Crippen molar-refractivity contribution in [1.82, 2.24) is 5.32 Å². The molecule has 0 radical (unpaired) electrons. The molecule has 0 bridgehead atoms. The lowest BCUT2D eigenvalue weighted by Gasteiger charge is -2.12. The van der Waals surface area contributed by atoms with Gasteiger partial charge in [0.2, 0.25) is 0 Å². The van der Waals surface area contributed by atoms with E-state index in [1.165, 1.54) is 0 Å². The molecule has 0 aliphatic heterocycles. The van der Waals surface area contributed by atoms with Crippen LogP contribution in [0.25, 0.3) is 0 Å². The van der Waals surface area contributed by atoms with Gasteiger partial charge in [-0.05, 0) is 18.9 Å². The van der Waals surface area contributed by atoms with E-state index >= 15 is 0 Å². The first-order valence-electron chi connectivity index (χ1n) is 4.39. The lowest BCUT2D eigenvalue weighted by molar-refractivity contribution is -0.109. The van der Waals surface area contributed by atoms with Crippen LogP contribution in [0, 0.1) is 5.92 Å². The highest BCUT2D eigenvalue weighted by molar-refractivity contribution is 5.57. The highest BCUT2D eigenvalue weighted by atomic mass is 16.1. The quantitative estimate of drug-likeness (QED) is 0.593. The van der Waals surface area contributed by atoms with Crippen LogP contribution in [-0.4, -0.2) is 18.9 Å². The summed E-state index contributed by atoms with van der Waals surface area (Å²) in [5, 5.41) is 3.20. The van der Waals surface area contributed by atoms with Crippen molar-refractivity contribution in [2.24, 2.45) is 5.92 Å². The summed E-state index contributed by atoms with van der Waals surface area (Å²) < 4.78 is 0. The van der Waals surface area contributed by atoms with E-state index in [0.717, 1.165) is 25.7 Å². The molecule has 1 N–H and O–H groups in total. The Morgan fingerprint density at radius 1 is 1.45 bits per heavy atom. The molecule has 0 saturated heterocycles. The standard InChI is InChI=1S/C9H19NO/c1-4-5-9(7-11)10-6-8(2)3/h7-10H,4-6H2,1-3H3. The Balaban J connectivity index is 3.43. The summed E-state index contributed by atoms with van der Waals surface area (Å²) >= 11 is 0. The molecule has 11 heavy (non-hydrogen) atoms. The maximum atomic E-state index is 10.4. The van der Waals surface area contributed by atoms with Crippen LogP contribution in [0.2, 0.25) is 0 Å². The van der Waals surface area contributed by atoms with Crippen LogP contribution in [0.4, 0.5) is 0 Å². The summed E-state index contributed by atoms with van der Waals surface area (Å²) in [6.07, 6.45) is 3.02. The Kier molecular flexibility index (Phi) is 6.13. The fourth-order valence-corrected chi connectivity index (χ4v) is 0.916. The number of hydrogen-bond donors (Lipinski definition) is 1. The molecule has 2 heteroatoms. The number of rotatable bonds is 6. The predicted octanol–water partition coefficient (Wildman–Crippen LogP) is 1.60. The second-order valence-corrected chi connectivity index (χ2v) is 3.33. The van der Waals surface area contributed by atoms with Crippen molar-refractivity contribution in [3.63, 3.8) is 0 Å². The Bertz CT molecular complexity index is 102. The molecule has 1 atom stereocenters. The van der Waals surface area contributed by atoms with Crippen molar-refractivity contribution in [3.8, 4) is 0 Å². The van der Waals surface area contributed by atoms with Gasteiger partial charge >= 0.3 is 0 Å². The Hall–Kier alpha value is -0.370. The molecule has 0 fully saturated rings. The van der Waals surface area contributed by atoms with Gasteiger partial charge in [-0.3, -0.25) is 0 Å². The monoisotopic (exact) mass is 157 g/mol. The van der Waals surface area contributed by atoms with Crippen LogP contribution < -0.4 is 5.32 Å². The van der Waals surface area contributed by atoms with Crippen LogP contribution in [0.3, 0.4) is 0 Å². The van der Waals surface area contributed by atoms with Crippen LogP contribution in [0.5, 0.6) is 0 Å². The molecule has 0 aliphatic rings. The van der Waals surface area contributed by atoms with Crippen LogP contribution >= 0.6 is 0 Å². The van der Waals surface area contributed by atoms with E-state index < -0.39 is 0 Å². The maximum Gasteiger partial charge on any atom is 0.136 e. The van der Waals surface area contributed by atoms with E-state index in [1.807, 2.05) is 0 Å². The predicted molar refractivity (Wildman–Crippen MR) is 47.6 cm³/mol. The van der Waals surface area contributed by atoms with Gasteiger partial charge < -0.3 is 10.1 Å². The van der Waals surface area contributed by atoms with Crippen molar-refractivity contribution in [3.05, 3.63) is 0 Å². The zero-order valence-corrected chi connectivity index (χ0v) is 7.76. The van der Waals surface area contributed by atoms with E-state index in [-0.39, 0.29) is 6.04 Å². The largest absolute Gasteiger partial charge is 0.307 e. The summed E-state index contributed by atoms with van der Waals surface area (Å²) in [6.45, 7) is 7.30. The zero-order chi connectivity index (χ0) is 8.69. The van der Waals surface area contributed by atoms with Gasteiger partial charge in [0.1, 0.15) is 6.29 Å². The number of hydrogen-bond acceptors (Lipinski definition) is 2. The number of carbonyl (C=O) groups is 1. The number of carbonyl (C=O) groups excluding carboxylic acids is 1. The van der Waals surface area contributed by atoms with Gasteiger partial charge in [-0.2, -0.15) is 0 Å². The SMILES string of the molecule is CCCC(C=O)NCC(C)C. The van der Waals surface area contributed by atoms with Gasteiger partial charge in [-0.1, -0.05) is 27.2 Å². The van der Waals surface area contributed by atoms with Gasteiger partial charge in [0.25, 0.3) is 0 Å².